The van der Waals surface area contributed by atoms with Crippen LogP contribution in [0.2, 0.25) is 0 Å². The summed E-state index contributed by atoms with van der Waals surface area (Å²) in [5, 5.41) is 8.78. The maximum absolute atomic E-state index is 10.7. The van der Waals surface area contributed by atoms with Gasteiger partial charge in [0.25, 0.3) is 0 Å². The van der Waals surface area contributed by atoms with Crippen LogP contribution in [0.4, 0.5) is 0 Å². The summed E-state index contributed by atoms with van der Waals surface area (Å²) in [6.07, 6.45) is 0. The summed E-state index contributed by atoms with van der Waals surface area (Å²) < 4.78 is 10.3. The normalized spacial score (nSPS) is 9.12. The Kier molecular flexibility index (Phi) is 6.29. The molecule has 0 aromatic heterocycles. The standard InChI is InChI=1S/C10H13NO4.ClH/c1-14-8-3-2-7(10(12)13)6-9(8)15-5-4-11;/h2-3,6H,4-5,11H2,1H3,(H,12,13);1H. The van der Waals surface area contributed by atoms with Crippen molar-refractivity contribution in [2.75, 3.05) is 20.3 Å². The number of ether oxygens (including phenoxy) is 2. The summed E-state index contributed by atoms with van der Waals surface area (Å²) in [4.78, 5) is 10.7. The fraction of sp³-hybridized carbons (Fsp3) is 0.300. The van der Waals surface area contributed by atoms with Gasteiger partial charge in [0.2, 0.25) is 0 Å². The highest BCUT2D eigenvalue weighted by molar-refractivity contribution is 5.88. The number of methoxy groups -OCH3 is 1. The molecule has 1 aromatic carbocycles. The van der Waals surface area contributed by atoms with Gasteiger partial charge < -0.3 is 20.3 Å². The Morgan fingerprint density at radius 3 is 2.62 bits per heavy atom. The summed E-state index contributed by atoms with van der Waals surface area (Å²) in [6.45, 7) is 0.680. The third-order valence-corrected chi connectivity index (χ3v) is 1.79. The number of carboxylic acids is 1. The molecule has 0 aliphatic heterocycles. The van der Waals surface area contributed by atoms with Gasteiger partial charge in [-0.3, -0.25) is 0 Å². The summed E-state index contributed by atoms with van der Waals surface area (Å²) in [5.74, 6) is -0.119. The van der Waals surface area contributed by atoms with E-state index in [9.17, 15) is 4.79 Å². The molecule has 0 saturated carbocycles. The Morgan fingerprint density at radius 2 is 2.12 bits per heavy atom. The predicted octanol–water partition coefficient (Wildman–Crippen LogP) is 1.15. The number of halogens is 1. The van der Waals surface area contributed by atoms with Gasteiger partial charge in [0.05, 0.1) is 12.7 Å². The van der Waals surface area contributed by atoms with Crippen molar-refractivity contribution in [1.82, 2.24) is 0 Å². The number of nitrogens with two attached hydrogens (primary N) is 1. The second kappa shape index (κ2) is 6.92. The Hall–Kier alpha value is -1.46. The molecule has 3 N–H and O–H groups in total. The van der Waals surface area contributed by atoms with Gasteiger partial charge in [0.15, 0.2) is 11.5 Å². The van der Waals surface area contributed by atoms with E-state index in [0.717, 1.165) is 0 Å². The first-order valence-corrected chi connectivity index (χ1v) is 4.43. The van der Waals surface area contributed by atoms with Gasteiger partial charge >= 0.3 is 5.97 Å². The minimum Gasteiger partial charge on any atom is -0.493 e. The second-order valence-electron chi connectivity index (χ2n) is 2.81. The highest BCUT2D eigenvalue weighted by Gasteiger charge is 2.09. The fourth-order valence-electron chi connectivity index (χ4n) is 1.09. The first kappa shape index (κ1) is 14.5. The van der Waals surface area contributed by atoms with Gasteiger partial charge in [-0.1, -0.05) is 0 Å². The highest BCUT2D eigenvalue weighted by Crippen LogP contribution is 2.27. The molecule has 5 nitrogen and oxygen atoms in total. The van der Waals surface area contributed by atoms with Crippen LogP contribution in [0.5, 0.6) is 11.5 Å². The van der Waals surface area contributed by atoms with Crippen molar-refractivity contribution in [3.8, 4) is 11.5 Å². The minimum atomic E-state index is -1.00. The maximum Gasteiger partial charge on any atom is 0.335 e. The van der Waals surface area contributed by atoms with Crippen molar-refractivity contribution in [3.05, 3.63) is 23.8 Å². The van der Waals surface area contributed by atoms with E-state index in [2.05, 4.69) is 0 Å². The number of rotatable bonds is 5. The lowest BCUT2D eigenvalue weighted by atomic mass is 10.2. The smallest absolute Gasteiger partial charge is 0.335 e. The average molecular weight is 248 g/mol. The van der Waals surface area contributed by atoms with Crippen LogP contribution < -0.4 is 15.2 Å². The number of benzene rings is 1. The van der Waals surface area contributed by atoms with E-state index in [1.54, 1.807) is 6.07 Å². The van der Waals surface area contributed by atoms with E-state index in [1.807, 2.05) is 0 Å². The molecule has 0 bridgehead atoms. The van der Waals surface area contributed by atoms with Crippen LogP contribution >= 0.6 is 12.4 Å². The molecule has 0 amide bonds. The van der Waals surface area contributed by atoms with Crippen LogP contribution in [0.1, 0.15) is 10.4 Å². The Morgan fingerprint density at radius 1 is 1.44 bits per heavy atom. The van der Waals surface area contributed by atoms with Crippen molar-refractivity contribution in [2.45, 2.75) is 0 Å². The molecule has 0 fully saturated rings. The molecule has 0 atom stereocenters. The third-order valence-electron chi connectivity index (χ3n) is 1.79. The van der Waals surface area contributed by atoms with E-state index in [4.69, 9.17) is 20.3 Å². The molecular weight excluding hydrogens is 234 g/mol. The molecule has 0 radical (unpaired) electrons. The molecule has 0 spiro atoms. The van der Waals surface area contributed by atoms with Gasteiger partial charge in [-0.15, -0.1) is 12.4 Å². The van der Waals surface area contributed by atoms with Gasteiger partial charge in [0.1, 0.15) is 6.61 Å². The summed E-state index contributed by atoms with van der Waals surface area (Å²) in [6, 6.07) is 4.42. The quantitative estimate of drug-likeness (QED) is 0.816. The highest BCUT2D eigenvalue weighted by atomic mass is 35.5. The van der Waals surface area contributed by atoms with Crippen LogP contribution in [0.25, 0.3) is 0 Å². The van der Waals surface area contributed by atoms with Crippen molar-refractivity contribution >= 4 is 18.4 Å². The van der Waals surface area contributed by atoms with E-state index in [1.165, 1.54) is 19.2 Å². The van der Waals surface area contributed by atoms with Crippen LogP contribution in [0, 0.1) is 0 Å². The number of hydrogen-bond acceptors (Lipinski definition) is 4. The average Bonchev–Trinajstić information content (AvgIpc) is 2.25. The van der Waals surface area contributed by atoms with Gasteiger partial charge in [-0.05, 0) is 18.2 Å². The fourth-order valence-corrected chi connectivity index (χ4v) is 1.09. The second-order valence-corrected chi connectivity index (χ2v) is 2.81. The molecule has 90 valence electrons. The summed E-state index contributed by atoms with van der Waals surface area (Å²) in [7, 11) is 1.49. The van der Waals surface area contributed by atoms with Gasteiger partial charge in [-0.2, -0.15) is 0 Å². The lowest BCUT2D eigenvalue weighted by Crippen LogP contribution is -2.11. The maximum atomic E-state index is 10.7. The topological polar surface area (TPSA) is 81.8 Å². The van der Waals surface area contributed by atoms with Crippen molar-refractivity contribution in [2.24, 2.45) is 5.73 Å². The SMILES string of the molecule is COc1ccc(C(=O)O)cc1OCCN.Cl. The Balaban J connectivity index is 0.00000225. The van der Waals surface area contributed by atoms with Gasteiger partial charge in [-0.25, -0.2) is 4.79 Å². The number of carbonyl (C=O) groups is 1. The first-order valence-electron chi connectivity index (χ1n) is 4.43. The zero-order valence-corrected chi connectivity index (χ0v) is 9.62. The summed E-state index contributed by atoms with van der Waals surface area (Å²) in [5.41, 5.74) is 5.44. The van der Waals surface area contributed by atoms with E-state index in [-0.39, 0.29) is 18.0 Å². The molecule has 1 rings (SSSR count). The van der Waals surface area contributed by atoms with Crippen molar-refractivity contribution in [3.63, 3.8) is 0 Å². The molecule has 0 aliphatic rings. The van der Waals surface area contributed by atoms with Crippen LogP contribution in [0.3, 0.4) is 0 Å². The Bertz CT molecular complexity index is 357. The van der Waals surface area contributed by atoms with E-state index in [0.29, 0.717) is 24.7 Å². The van der Waals surface area contributed by atoms with Crippen LogP contribution in [0.15, 0.2) is 18.2 Å². The zero-order chi connectivity index (χ0) is 11.3. The molecular formula is C10H14ClNO4. The first-order chi connectivity index (χ1) is 7.19. The number of aromatic carboxylic acids is 1. The van der Waals surface area contributed by atoms with E-state index >= 15 is 0 Å². The van der Waals surface area contributed by atoms with Crippen molar-refractivity contribution < 1.29 is 19.4 Å². The molecule has 0 aliphatic carbocycles. The largest absolute Gasteiger partial charge is 0.493 e. The number of hydrogen-bond donors (Lipinski definition) is 2. The molecule has 0 saturated heterocycles. The molecule has 0 unspecified atom stereocenters. The minimum absolute atomic E-state index is 0. The molecule has 0 heterocycles. The third kappa shape index (κ3) is 3.60. The molecule has 6 heteroatoms. The van der Waals surface area contributed by atoms with Crippen LogP contribution in [-0.4, -0.2) is 31.3 Å². The van der Waals surface area contributed by atoms with Gasteiger partial charge in [0, 0.05) is 6.54 Å². The lowest BCUT2D eigenvalue weighted by Gasteiger charge is -2.10. The monoisotopic (exact) mass is 247 g/mol. The molecule has 1 aromatic rings. The number of carboxylic acid groups (broad SMARTS) is 1. The van der Waals surface area contributed by atoms with Crippen molar-refractivity contribution in [1.29, 1.82) is 0 Å². The van der Waals surface area contributed by atoms with Crippen LogP contribution in [-0.2, 0) is 0 Å². The summed E-state index contributed by atoms with van der Waals surface area (Å²) >= 11 is 0. The van der Waals surface area contributed by atoms with E-state index < -0.39 is 5.97 Å². The zero-order valence-electron chi connectivity index (χ0n) is 8.80. The Labute approximate surface area is 99.6 Å². The predicted molar refractivity (Wildman–Crippen MR) is 61.8 cm³/mol. The lowest BCUT2D eigenvalue weighted by molar-refractivity contribution is 0.0696. The molecule has 16 heavy (non-hydrogen) atoms.